The Labute approximate surface area is 151 Å². The summed E-state index contributed by atoms with van der Waals surface area (Å²) in [4.78, 5) is 31.9. The lowest BCUT2D eigenvalue weighted by Gasteiger charge is -2.34. The average Bonchev–Trinajstić information content (AvgIpc) is 3.20. The van der Waals surface area contributed by atoms with E-state index < -0.39 is 0 Å². The lowest BCUT2D eigenvalue weighted by atomic mass is 10.2. The molecule has 2 amide bonds. The van der Waals surface area contributed by atoms with Crippen LogP contribution in [0, 0.1) is 0 Å². The highest BCUT2D eigenvalue weighted by Gasteiger charge is 2.25. The van der Waals surface area contributed by atoms with Gasteiger partial charge in [-0.1, -0.05) is 0 Å². The van der Waals surface area contributed by atoms with Gasteiger partial charge in [0.1, 0.15) is 5.76 Å². The topological polar surface area (TPSA) is 87.9 Å². The van der Waals surface area contributed by atoms with Crippen molar-refractivity contribution < 1.29 is 18.7 Å². The minimum Gasteiger partial charge on any atom is -0.467 e. The normalized spacial score (nSPS) is 14.2. The third-order valence-electron chi connectivity index (χ3n) is 4.12. The first-order valence-electron chi connectivity index (χ1n) is 8.59. The Morgan fingerprint density at radius 3 is 2.69 bits per heavy atom. The fourth-order valence-electron chi connectivity index (χ4n) is 2.75. The van der Waals surface area contributed by atoms with Gasteiger partial charge in [0.05, 0.1) is 30.7 Å². The first kappa shape index (κ1) is 17.8. The Bertz CT molecular complexity index is 739. The molecule has 1 aliphatic heterocycles. The molecule has 8 nitrogen and oxygen atoms in total. The highest BCUT2D eigenvalue weighted by molar-refractivity contribution is 5.94. The number of aromatic nitrogens is 1. The number of anilines is 1. The van der Waals surface area contributed by atoms with E-state index in [0.717, 1.165) is 11.4 Å². The van der Waals surface area contributed by atoms with Crippen molar-refractivity contribution in [2.75, 3.05) is 38.1 Å². The molecule has 8 heteroatoms. The van der Waals surface area contributed by atoms with Gasteiger partial charge in [-0.2, -0.15) is 0 Å². The van der Waals surface area contributed by atoms with E-state index >= 15 is 0 Å². The van der Waals surface area contributed by atoms with E-state index in [2.05, 4.69) is 10.3 Å². The molecule has 0 saturated carbocycles. The van der Waals surface area contributed by atoms with Crippen LogP contribution in [0.4, 0.5) is 10.5 Å². The molecule has 0 atom stereocenters. The zero-order valence-corrected chi connectivity index (χ0v) is 14.7. The number of furan rings is 1. The molecule has 0 bridgehead atoms. The van der Waals surface area contributed by atoms with Crippen LogP contribution >= 0.6 is 0 Å². The molecule has 1 aliphatic rings. The molecule has 0 aliphatic carbocycles. The molecular formula is C18H22N4O4. The maximum absolute atomic E-state index is 12.7. The van der Waals surface area contributed by atoms with Crippen LogP contribution in [0.5, 0.6) is 0 Å². The number of amides is 2. The number of carbonyl (C=O) groups is 2. The van der Waals surface area contributed by atoms with Crippen molar-refractivity contribution in [3.05, 3.63) is 48.2 Å². The molecule has 0 aromatic carbocycles. The highest BCUT2D eigenvalue weighted by Crippen LogP contribution is 2.14. The van der Waals surface area contributed by atoms with Gasteiger partial charge in [-0.3, -0.25) is 9.78 Å². The van der Waals surface area contributed by atoms with E-state index in [-0.39, 0.29) is 12.0 Å². The van der Waals surface area contributed by atoms with Gasteiger partial charge in [0, 0.05) is 38.6 Å². The SMILES string of the molecule is CCOC(=O)N1CCN(C(=O)c2cncc(NCc3ccco3)c2)CC1. The van der Waals surface area contributed by atoms with Crippen LogP contribution in [0.25, 0.3) is 0 Å². The molecule has 1 N–H and O–H groups in total. The molecule has 0 radical (unpaired) electrons. The molecule has 138 valence electrons. The number of ether oxygens (including phenoxy) is 1. The predicted octanol–water partition coefficient (Wildman–Crippen LogP) is 2.20. The predicted molar refractivity (Wildman–Crippen MR) is 94.8 cm³/mol. The number of rotatable bonds is 5. The first-order valence-corrected chi connectivity index (χ1v) is 8.59. The lowest BCUT2D eigenvalue weighted by molar-refractivity contribution is 0.0570. The van der Waals surface area contributed by atoms with E-state index in [0.29, 0.717) is 44.9 Å². The summed E-state index contributed by atoms with van der Waals surface area (Å²) in [6, 6.07) is 5.47. The number of nitrogens with one attached hydrogen (secondary N) is 1. The zero-order chi connectivity index (χ0) is 18.4. The molecule has 3 rings (SSSR count). The summed E-state index contributed by atoms with van der Waals surface area (Å²) in [6.45, 7) is 4.52. The Hall–Kier alpha value is -3.03. The Morgan fingerprint density at radius 1 is 1.23 bits per heavy atom. The van der Waals surface area contributed by atoms with Gasteiger partial charge in [0.15, 0.2) is 0 Å². The molecule has 2 aromatic heterocycles. The summed E-state index contributed by atoms with van der Waals surface area (Å²) in [5, 5.41) is 3.18. The van der Waals surface area contributed by atoms with Crippen LogP contribution < -0.4 is 5.32 Å². The van der Waals surface area contributed by atoms with Crippen LogP contribution in [-0.2, 0) is 11.3 Å². The number of hydrogen-bond acceptors (Lipinski definition) is 6. The maximum atomic E-state index is 12.7. The first-order chi connectivity index (χ1) is 12.7. The summed E-state index contributed by atoms with van der Waals surface area (Å²) >= 11 is 0. The summed E-state index contributed by atoms with van der Waals surface area (Å²) < 4.78 is 10.3. The van der Waals surface area contributed by atoms with Gasteiger partial charge < -0.3 is 24.3 Å². The Kier molecular flexibility index (Phi) is 5.73. The number of nitrogens with zero attached hydrogens (tertiary/aromatic N) is 3. The van der Waals surface area contributed by atoms with Crippen LogP contribution in [0.1, 0.15) is 23.0 Å². The van der Waals surface area contributed by atoms with Crippen molar-refractivity contribution in [3.8, 4) is 0 Å². The van der Waals surface area contributed by atoms with Gasteiger partial charge in [0.25, 0.3) is 5.91 Å². The Balaban J connectivity index is 1.56. The molecule has 1 saturated heterocycles. The summed E-state index contributed by atoms with van der Waals surface area (Å²) in [6.07, 6.45) is 4.51. The molecule has 26 heavy (non-hydrogen) atoms. The Morgan fingerprint density at radius 2 is 2.00 bits per heavy atom. The second-order valence-corrected chi connectivity index (χ2v) is 5.87. The lowest BCUT2D eigenvalue weighted by Crippen LogP contribution is -2.50. The van der Waals surface area contributed by atoms with Crippen molar-refractivity contribution in [1.29, 1.82) is 0 Å². The fraction of sp³-hybridized carbons (Fsp3) is 0.389. The summed E-state index contributed by atoms with van der Waals surface area (Å²) in [7, 11) is 0. The number of piperazine rings is 1. The number of carbonyl (C=O) groups excluding carboxylic acids is 2. The fourth-order valence-corrected chi connectivity index (χ4v) is 2.75. The summed E-state index contributed by atoms with van der Waals surface area (Å²) in [5.74, 6) is 0.708. The van der Waals surface area contributed by atoms with Crippen LogP contribution in [0.2, 0.25) is 0 Å². The number of hydrogen-bond donors (Lipinski definition) is 1. The van der Waals surface area contributed by atoms with Gasteiger partial charge in [-0.25, -0.2) is 4.79 Å². The second kappa shape index (κ2) is 8.37. The minimum atomic E-state index is -0.328. The quantitative estimate of drug-likeness (QED) is 0.882. The molecule has 1 fully saturated rings. The molecule has 0 spiro atoms. The van der Waals surface area contributed by atoms with Gasteiger partial charge in [-0.15, -0.1) is 0 Å². The van der Waals surface area contributed by atoms with Crippen molar-refractivity contribution >= 4 is 17.7 Å². The third kappa shape index (κ3) is 4.33. The van der Waals surface area contributed by atoms with E-state index in [4.69, 9.17) is 9.15 Å². The second-order valence-electron chi connectivity index (χ2n) is 5.87. The smallest absolute Gasteiger partial charge is 0.409 e. The van der Waals surface area contributed by atoms with Crippen LogP contribution in [0.3, 0.4) is 0 Å². The molecule has 3 heterocycles. The number of pyridine rings is 1. The van der Waals surface area contributed by atoms with E-state index in [1.165, 1.54) is 0 Å². The molecule has 2 aromatic rings. The van der Waals surface area contributed by atoms with Gasteiger partial charge in [0.2, 0.25) is 0 Å². The average molecular weight is 358 g/mol. The van der Waals surface area contributed by atoms with E-state index in [1.54, 1.807) is 41.4 Å². The van der Waals surface area contributed by atoms with Crippen molar-refractivity contribution in [3.63, 3.8) is 0 Å². The monoisotopic (exact) mass is 358 g/mol. The van der Waals surface area contributed by atoms with Crippen molar-refractivity contribution in [2.45, 2.75) is 13.5 Å². The highest BCUT2D eigenvalue weighted by atomic mass is 16.6. The third-order valence-corrected chi connectivity index (χ3v) is 4.12. The molecule has 0 unspecified atom stereocenters. The van der Waals surface area contributed by atoms with Crippen molar-refractivity contribution in [2.24, 2.45) is 0 Å². The van der Waals surface area contributed by atoms with Crippen LogP contribution in [0.15, 0.2) is 41.3 Å². The molecular weight excluding hydrogens is 336 g/mol. The standard InChI is InChI=1S/C18H22N4O4/c1-2-25-18(24)22-7-5-21(6-8-22)17(23)14-10-15(12-19-11-14)20-13-16-4-3-9-26-16/h3-4,9-12,20H,2,5-8,13H2,1H3. The minimum absolute atomic E-state index is 0.0948. The van der Waals surface area contributed by atoms with E-state index in [1.807, 2.05) is 12.1 Å². The zero-order valence-electron chi connectivity index (χ0n) is 14.7. The summed E-state index contributed by atoms with van der Waals surface area (Å²) in [5.41, 5.74) is 1.26. The van der Waals surface area contributed by atoms with Crippen LogP contribution in [-0.4, -0.2) is 59.6 Å². The largest absolute Gasteiger partial charge is 0.467 e. The maximum Gasteiger partial charge on any atom is 0.409 e. The van der Waals surface area contributed by atoms with Crippen molar-refractivity contribution in [1.82, 2.24) is 14.8 Å². The van der Waals surface area contributed by atoms with E-state index in [9.17, 15) is 9.59 Å². The van der Waals surface area contributed by atoms with Gasteiger partial charge >= 0.3 is 6.09 Å². The van der Waals surface area contributed by atoms with Gasteiger partial charge in [-0.05, 0) is 25.1 Å².